The van der Waals surface area contributed by atoms with Crippen molar-refractivity contribution in [2.24, 2.45) is 0 Å². The Morgan fingerprint density at radius 3 is 2.62 bits per heavy atom. The van der Waals surface area contributed by atoms with Crippen molar-refractivity contribution in [2.45, 2.75) is 0 Å². The number of thiazole rings is 1. The van der Waals surface area contributed by atoms with Crippen LogP contribution in [0.4, 0.5) is 5.13 Å². The number of carbonyl (C=O) groups is 2. The zero-order chi connectivity index (χ0) is 12.2. The number of aromatic nitrogens is 1. The Labute approximate surface area is 95.0 Å². The van der Waals surface area contributed by atoms with Gasteiger partial charge in [-0.1, -0.05) is 0 Å². The SMILES string of the molecule is O=C(O)CS(=O)(=O)CC(=O)Nc1nccs1. The van der Waals surface area contributed by atoms with Crippen LogP contribution in [0.5, 0.6) is 0 Å². The number of amides is 1. The lowest BCUT2D eigenvalue weighted by molar-refractivity contribution is -0.134. The number of nitrogens with zero attached hydrogens (tertiary/aromatic N) is 1. The number of hydrogen-bond acceptors (Lipinski definition) is 6. The van der Waals surface area contributed by atoms with Crippen LogP contribution in [-0.4, -0.2) is 41.9 Å². The van der Waals surface area contributed by atoms with Crippen LogP contribution in [-0.2, 0) is 19.4 Å². The highest BCUT2D eigenvalue weighted by molar-refractivity contribution is 7.92. The van der Waals surface area contributed by atoms with E-state index < -0.39 is 33.2 Å². The molecule has 0 aromatic carbocycles. The lowest BCUT2D eigenvalue weighted by Crippen LogP contribution is -2.27. The summed E-state index contributed by atoms with van der Waals surface area (Å²) >= 11 is 1.14. The minimum absolute atomic E-state index is 0.274. The van der Waals surface area contributed by atoms with Gasteiger partial charge < -0.3 is 10.4 Å². The number of rotatable bonds is 5. The number of carbonyl (C=O) groups excluding carboxylic acids is 1. The fourth-order valence-corrected chi connectivity index (χ4v) is 2.37. The predicted molar refractivity (Wildman–Crippen MR) is 57.0 cm³/mol. The van der Waals surface area contributed by atoms with Gasteiger partial charge in [0.05, 0.1) is 0 Å². The van der Waals surface area contributed by atoms with Crippen molar-refractivity contribution in [1.82, 2.24) is 4.98 Å². The zero-order valence-electron chi connectivity index (χ0n) is 7.91. The number of carboxylic acid groups (broad SMARTS) is 1. The Morgan fingerprint density at radius 1 is 1.44 bits per heavy atom. The fourth-order valence-electron chi connectivity index (χ4n) is 0.879. The van der Waals surface area contributed by atoms with Crippen LogP contribution in [0.3, 0.4) is 0 Å². The van der Waals surface area contributed by atoms with Crippen molar-refractivity contribution in [3.63, 3.8) is 0 Å². The van der Waals surface area contributed by atoms with Crippen LogP contribution in [0, 0.1) is 0 Å². The molecule has 1 rings (SSSR count). The largest absolute Gasteiger partial charge is 0.480 e. The Morgan fingerprint density at radius 2 is 2.12 bits per heavy atom. The number of nitrogens with one attached hydrogen (secondary N) is 1. The topological polar surface area (TPSA) is 113 Å². The van der Waals surface area contributed by atoms with E-state index in [4.69, 9.17) is 5.11 Å². The van der Waals surface area contributed by atoms with Gasteiger partial charge in [-0.15, -0.1) is 11.3 Å². The molecule has 2 N–H and O–H groups in total. The molecule has 0 unspecified atom stereocenters. The first-order valence-corrected chi connectivity index (χ1v) is 6.71. The highest BCUT2D eigenvalue weighted by Crippen LogP contribution is 2.10. The lowest BCUT2D eigenvalue weighted by atomic mass is 10.7. The number of carboxylic acids is 1. The molecule has 0 saturated carbocycles. The van der Waals surface area contributed by atoms with Gasteiger partial charge in [0.15, 0.2) is 15.0 Å². The average molecular weight is 264 g/mol. The van der Waals surface area contributed by atoms with Gasteiger partial charge in [0.1, 0.15) is 11.5 Å². The summed E-state index contributed by atoms with van der Waals surface area (Å²) in [7, 11) is -3.92. The molecule has 0 fully saturated rings. The zero-order valence-corrected chi connectivity index (χ0v) is 9.55. The summed E-state index contributed by atoms with van der Waals surface area (Å²) in [5.41, 5.74) is 0. The van der Waals surface area contributed by atoms with Gasteiger partial charge in [-0.25, -0.2) is 13.4 Å². The van der Waals surface area contributed by atoms with Crippen LogP contribution < -0.4 is 5.32 Å². The summed E-state index contributed by atoms with van der Waals surface area (Å²) in [5.74, 6) is -4.20. The summed E-state index contributed by atoms with van der Waals surface area (Å²) in [4.78, 5) is 25.1. The minimum atomic E-state index is -3.92. The van der Waals surface area contributed by atoms with E-state index >= 15 is 0 Å². The summed E-state index contributed by atoms with van der Waals surface area (Å²) in [6.45, 7) is 0. The van der Waals surface area contributed by atoms with E-state index in [1.54, 1.807) is 5.38 Å². The molecule has 9 heteroatoms. The molecule has 0 bridgehead atoms. The van der Waals surface area contributed by atoms with Crippen LogP contribution >= 0.6 is 11.3 Å². The van der Waals surface area contributed by atoms with Crippen LogP contribution in [0.1, 0.15) is 0 Å². The van der Waals surface area contributed by atoms with Gasteiger partial charge in [0, 0.05) is 11.6 Å². The van der Waals surface area contributed by atoms with E-state index in [1.807, 2.05) is 0 Å². The highest BCUT2D eigenvalue weighted by atomic mass is 32.2. The third-order valence-electron chi connectivity index (χ3n) is 1.37. The van der Waals surface area contributed by atoms with E-state index in [-0.39, 0.29) is 5.13 Å². The summed E-state index contributed by atoms with van der Waals surface area (Å²) in [5, 5.41) is 12.4. The Kier molecular flexibility index (Phi) is 3.96. The fraction of sp³-hybridized carbons (Fsp3) is 0.286. The van der Waals surface area contributed by atoms with E-state index in [1.165, 1.54) is 6.20 Å². The van der Waals surface area contributed by atoms with Crippen molar-refractivity contribution >= 4 is 38.2 Å². The minimum Gasteiger partial charge on any atom is -0.480 e. The van der Waals surface area contributed by atoms with Gasteiger partial charge >= 0.3 is 5.97 Å². The molecule has 0 aliphatic rings. The summed E-state index contributed by atoms with van der Waals surface area (Å²) in [6, 6.07) is 0. The molecule has 0 radical (unpaired) electrons. The molecule has 1 aromatic heterocycles. The van der Waals surface area contributed by atoms with Crippen LogP contribution in [0.15, 0.2) is 11.6 Å². The maximum atomic E-state index is 11.2. The molecule has 0 spiro atoms. The maximum absolute atomic E-state index is 11.2. The molecule has 0 saturated heterocycles. The first-order valence-electron chi connectivity index (χ1n) is 4.00. The normalized spacial score (nSPS) is 11.0. The molecule has 1 heterocycles. The van der Waals surface area contributed by atoms with Gasteiger partial charge in [-0.05, 0) is 0 Å². The monoisotopic (exact) mass is 264 g/mol. The number of aliphatic carboxylic acids is 1. The van der Waals surface area contributed by atoms with Crippen LogP contribution in [0.25, 0.3) is 0 Å². The van der Waals surface area contributed by atoms with E-state index in [9.17, 15) is 18.0 Å². The first kappa shape index (κ1) is 12.6. The molecule has 1 aromatic rings. The standard InChI is InChI=1S/C7H8N2O5S2/c10-5(9-7-8-1-2-15-7)3-16(13,14)4-6(11)12/h1-2H,3-4H2,(H,11,12)(H,8,9,10). The second-order valence-corrected chi connectivity index (χ2v) is 5.77. The summed E-state index contributed by atoms with van der Waals surface area (Å²) in [6.07, 6.45) is 1.45. The van der Waals surface area contributed by atoms with Crippen molar-refractivity contribution < 1.29 is 23.1 Å². The molecule has 7 nitrogen and oxygen atoms in total. The highest BCUT2D eigenvalue weighted by Gasteiger charge is 2.20. The van der Waals surface area contributed by atoms with E-state index in [2.05, 4.69) is 10.3 Å². The number of hydrogen-bond donors (Lipinski definition) is 2. The molecule has 0 atom stereocenters. The van der Waals surface area contributed by atoms with Gasteiger partial charge in [0.2, 0.25) is 5.91 Å². The van der Waals surface area contributed by atoms with Crippen molar-refractivity contribution in [2.75, 3.05) is 16.8 Å². The summed E-state index contributed by atoms with van der Waals surface area (Å²) < 4.78 is 22.2. The second kappa shape index (κ2) is 5.03. The molecule has 0 aliphatic heterocycles. The Hall–Kier alpha value is -1.48. The number of sulfone groups is 1. The van der Waals surface area contributed by atoms with Crippen LogP contribution in [0.2, 0.25) is 0 Å². The van der Waals surface area contributed by atoms with E-state index in [0.717, 1.165) is 11.3 Å². The number of anilines is 1. The first-order chi connectivity index (χ1) is 7.39. The van der Waals surface area contributed by atoms with Gasteiger partial charge in [-0.2, -0.15) is 0 Å². The van der Waals surface area contributed by atoms with Gasteiger partial charge in [-0.3, -0.25) is 9.59 Å². The quantitative estimate of drug-likeness (QED) is 0.746. The Bertz CT molecular complexity index is 479. The molecule has 0 aliphatic carbocycles. The van der Waals surface area contributed by atoms with Crippen molar-refractivity contribution in [3.8, 4) is 0 Å². The van der Waals surface area contributed by atoms with E-state index in [0.29, 0.717) is 0 Å². The van der Waals surface area contributed by atoms with Crippen molar-refractivity contribution in [3.05, 3.63) is 11.6 Å². The third kappa shape index (κ3) is 4.36. The molecule has 1 amide bonds. The molecule has 16 heavy (non-hydrogen) atoms. The lowest BCUT2D eigenvalue weighted by Gasteiger charge is -2.01. The van der Waals surface area contributed by atoms with Gasteiger partial charge in [0.25, 0.3) is 0 Å². The third-order valence-corrected chi connectivity index (χ3v) is 3.45. The molecular weight excluding hydrogens is 256 g/mol. The molecular formula is C7H8N2O5S2. The predicted octanol–water partition coefficient (Wildman–Crippen LogP) is -0.419. The maximum Gasteiger partial charge on any atom is 0.318 e. The second-order valence-electron chi connectivity index (χ2n) is 2.81. The van der Waals surface area contributed by atoms with Crippen molar-refractivity contribution in [1.29, 1.82) is 0 Å². The average Bonchev–Trinajstić information content (AvgIpc) is 2.51. The molecule has 88 valence electrons. The smallest absolute Gasteiger partial charge is 0.318 e. The Balaban J connectivity index is 2.55.